The van der Waals surface area contributed by atoms with Gasteiger partial charge in [0.15, 0.2) is 0 Å². The van der Waals surface area contributed by atoms with Crippen LogP contribution in [0.3, 0.4) is 0 Å². The minimum Gasteiger partial charge on any atom is -0.473 e. The molecule has 1 aromatic carbocycles. The number of nitrogens with zero attached hydrogens (tertiary/aromatic N) is 3. The number of likely N-dealkylation sites (tertiary alicyclic amines) is 1. The third-order valence-electron chi connectivity index (χ3n) is 7.85. The zero-order valence-corrected chi connectivity index (χ0v) is 23.4. The summed E-state index contributed by atoms with van der Waals surface area (Å²) < 4.78 is 19.6. The van der Waals surface area contributed by atoms with E-state index in [1.54, 1.807) is 25.3 Å². The van der Waals surface area contributed by atoms with Crippen LogP contribution in [0.5, 0.6) is 0 Å². The van der Waals surface area contributed by atoms with Gasteiger partial charge in [-0.3, -0.25) is 19.5 Å². The van der Waals surface area contributed by atoms with E-state index >= 15 is 0 Å². The number of hydrogen-bond donors (Lipinski definition) is 2. The number of ketones is 1. The van der Waals surface area contributed by atoms with Crippen LogP contribution in [0.15, 0.2) is 59.4 Å². The molecule has 5 rings (SSSR count). The van der Waals surface area contributed by atoms with Crippen LogP contribution < -0.4 is 0 Å². The fourth-order valence-electron chi connectivity index (χ4n) is 5.53. The number of Topliss-reactive ketones (excluding diaryl/α,β-unsaturated/α-hetero) is 1. The van der Waals surface area contributed by atoms with Gasteiger partial charge in [0.1, 0.15) is 17.2 Å². The van der Waals surface area contributed by atoms with Crippen molar-refractivity contribution in [2.45, 2.75) is 38.5 Å². The highest BCUT2D eigenvalue weighted by Gasteiger charge is 2.32. The zero-order valence-electron chi connectivity index (χ0n) is 23.4. The number of carboxylic acids is 2. The van der Waals surface area contributed by atoms with Crippen LogP contribution in [0, 0.1) is 11.7 Å². The summed E-state index contributed by atoms with van der Waals surface area (Å²) in [6.07, 6.45) is 8.46. The molecule has 1 atom stereocenters. The first-order chi connectivity index (χ1) is 20.2. The van der Waals surface area contributed by atoms with E-state index in [1.807, 2.05) is 23.1 Å². The second kappa shape index (κ2) is 14.0. The summed E-state index contributed by atoms with van der Waals surface area (Å²) in [4.78, 5) is 52.2. The molecule has 2 aliphatic heterocycles. The number of carboxylic acid groups (broad SMARTS) is 2. The number of carbonyl (C=O) groups is 4. The summed E-state index contributed by atoms with van der Waals surface area (Å²) in [5.74, 6) is -3.87. The van der Waals surface area contributed by atoms with Crippen molar-refractivity contribution in [1.82, 2.24) is 14.8 Å². The summed E-state index contributed by atoms with van der Waals surface area (Å²) in [5.41, 5.74) is 3.55. The van der Waals surface area contributed by atoms with E-state index in [1.165, 1.54) is 17.9 Å². The number of piperidine rings is 1. The average Bonchev–Trinajstić information content (AvgIpc) is 3.50. The Balaban J connectivity index is 0.000000612. The highest BCUT2D eigenvalue weighted by Crippen LogP contribution is 2.32. The standard InChI is InChI=1S/C29H32FN3O3.C2H2O4/c1-20(34)33-17-9-22(10-18-33)28(35)25(27-4-2-3-13-31-27)11-16-32-14-7-21(8-15-32)23-5-6-26(30)24-12-19-36-29(23)24;3-1(4)2(5)6/h2-7,12-13,19,22,25H,8-11,14-18H2,1H3;(H,3,4)(H,5,6). The van der Waals surface area contributed by atoms with Gasteiger partial charge < -0.3 is 19.5 Å². The molecule has 0 radical (unpaired) electrons. The van der Waals surface area contributed by atoms with Crippen LogP contribution in [-0.4, -0.2) is 81.3 Å². The van der Waals surface area contributed by atoms with Gasteiger partial charge in [-0.25, -0.2) is 14.0 Å². The van der Waals surface area contributed by atoms with Crippen LogP contribution in [0.1, 0.15) is 49.8 Å². The minimum atomic E-state index is -1.82. The van der Waals surface area contributed by atoms with Crippen LogP contribution >= 0.6 is 0 Å². The first kappa shape index (κ1) is 30.6. The summed E-state index contributed by atoms with van der Waals surface area (Å²) >= 11 is 0. The molecule has 42 heavy (non-hydrogen) atoms. The number of halogens is 1. The predicted molar refractivity (Wildman–Crippen MR) is 152 cm³/mol. The summed E-state index contributed by atoms with van der Waals surface area (Å²) in [5, 5.41) is 15.3. The van der Waals surface area contributed by atoms with Crippen LogP contribution in [0.4, 0.5) is 4.39 Å². The van der Waals surface area contributed by atoms with Gasteiger partial charge in [-0.1, -0.05) is 12.1 Å². The fraction of sp³-hybridized carbons (Fsp3) is 0.387. The highest BCUT2D eigenvalue weighted by molar-refractivity contribution is 6.27. The summed E-state index contributed by atoms with van der Waals surface area (Å²) in [6.45, 7) is 5.31. The molecule has 222 valence electrons. The maximum absolute atomic E-state index is 14.1. The molecular weight excluding hydrogens is 545 g/mol. The number of aliphatic carboxylic acids is 2. The van der Waals surface area contributed by atoms with E-state index in [0.717, 1.165) is 50.2 Å². The highest BCUT2D eigenvalue weighted by atomic mass is 19.1. The van der Waals surface area contributed by atoms with E-state index in [9.17, 15) is 14.0 Å². The van der Waals surface area contributed by atoms with Crippen molar-refractivity contribution in [3.8, 4) is 0 Å². The number of rotatable bonds is 7. The normalized spacial score (nSPS) is 16.7. The number of carbonyl (C=O) groups excluding carboxylic acids is 2. The Bertz CT molecular complexity index is 1450. The molecule has 10 nitrogen and oxygen atoms in total. The minimum absolute atomic E-state index is 0.0327. The number of amides is 1. The lowest BCUT2D eigenvalue weighted by atomic mass is 9.82. The third kappa shape index (κ3) is 7.47. The summed E-state index contributed by atoms with van der Waals surface area (Å²) in [6, 6.07) is 10.7. The van der Waals surface area contributed by atoms with Crippen molar-refractivity contribution in [2.75, 3.05) is 32.7 Å². The molecular formula is C31H34FN3O7. The average molecular weight is 580 g/mol. The predicted octanol–water partition coefficient (Wildman–Crippen LogP) is 4.21. The lowest BCUT2D eigenvalue weighted by Crippen LogP contribution is -2.40. The van der Waals surface area contributed by atoms with Gasteiger partial charge in [0.25, 0.3) is 0 Å². The topological polar surface area (TPSA) is 141 Å². The Morgan fingerprint density at radius 1 is 1.05 bits per heavy atom. The largest absolute Gasteiger partial charge is 0.473 e. The van der Waals surface area contributed by atoms with E-state index in [0.29, 0.717) is 30.5 Å². The molecule has 0 bridgehead atoms. The first-order valence-corrected chi connectivity index (χ1v) is 13.9. The van der Waals surface area contributed by atoms with Gasteiger partial charge in [-0.05, 0) is 68.1 Å². The molecule has 2 aliphatic rings. The van der Waals surface area contributed by atoms with Gasteiger partial charge in [-0.15, -0.1) is 0 Å². The number of fused-ring (bicyclic) bond motifs is 1. The van der Waals surface area contributed by atoms with E-state index in [-0.39, 0.29) is 29.3 Å². The molecule has 3 aromatic rings. The maximum atomic E-state index is 14.1. The molecule has 1 unspecified atom stereocenters. The van der Waals surface area contributed by atoms with Gasteiger partial charge in [-0.2, -0.15) is 0 Å². The molecule has 1 amide bonds. The smallest absolute Gasteiger partial charge is 0.414 e. The van der Waals surface area contributed by atoms with Gasteiger partial charge in [0.05, 0.1) is 23.3 Å². The molecule has 2 aromatic heterocycles. The van der Waals surface area contributed by atoms with Crippen LogP contribution in [0.25, 0.3) is 16.5 Å². The lowest BCUT2D eigenvalue weighted by Gasteiger charge is -2.33. The van der Waals surface area contributed by atoms with Crippen LogP contribution in [0.2, 0.25) is 0 Å². The van der Waals surface area contributed by atoms with Crippen molar-refractivity contribution >= 4 is 40.2 Å². The number of pyridine rings is 1. The Kier molecular flexibility index (Phi) is 10.2. The fourth-order valence-corrected chi connectivity index (χ4v) is 5.53. The van der Waals surface area contributed by atoms with Crippen LogP contribution in [-0.2, 0) is 19.2 Å². The Labute approximate surface area is 242 Å². The van der Waals surface area contributed by atoms with Gasteiger partial charge in [0, 0.05) is 50.8 Å². The van der Waals surface area contributed by atoms with Crippen molar-refractivity contribution in [2.24, 2.45) is 5.92 Å². The number of benzene rings is 1. The Hall–Kier alpha value is -4.38. The van der Waals surface area contributed by atoms with E-state index < -0.39 is 11.9 Å². The Morgan fingerprint density at radius 3 is 2.38 bits per heavy atom. The summed E-state index contributed by atoms with van der Waals surface area (Å²) in [7, 11) is 0. The number of furan rings is 1. The number of aromatic nitrogens is 1. The second-order valence-electron chi connectivity index (χ2n) is 10.4. The van der Waals surface area contributed by atoms with E-state index in [2.05, 4.69) is 16.0 Å². The third-order valence-corrected chi connectivity index (χ3v) is 7.85. The molecule has 1 fully saturated rings. The molecule has 2 N–H and O–H groups in total. The van der Waals surface area contributed by atoms with Crippen molar-refractivity contribution in [3.05, 3.63) is 72.0 Å². The molecule has 0 aliphatic carbocycles. The first-order valence-electron chi connectivity index (χ1n) is 13.9. The Morgan fingerprint density at radius 2 is 1.79 bits per heavy atom. The van der Waals surface area contributed by atoms with Crippen molar-refractivity contribution < 1.29 is 38.2 Å². The molecule has 1 saturated heterocycles. The zero-order chi connectivity index (χ0) is 30.2. The van der Waals surface area contributed by atoms with Crippen molar-refractivity contribution in [3.63, 3.8) is 0 Å². The quantitative estimate of drug-likeness (QED) is 0.394. The molecule has 4 heterocycles. The molecule has 11 heteroatoms. The monoisotopic (exact) mass is 579 g/mol. The molecule has 0 saturated carbocycles. The van der Waals surface area contributed by atoms with E-state index in [4.69, 9.17) is 24.2 Å². The van der Waals surface area contributed by atoms with Gasteiger partial charge in [0.2, 0.25) is 5.91 Å². The van der Waals surface area contributed by atoms with Gasteiger partial charge >= 0.3 is 11.9 Å². The molecule has 0 spiro atoms. The van der Waals surface area contributed by atoms with Crippen molar-refractivity contribution in [1.29, 1.82) is 0 Å². The SMILES string of the molecule is CC(=O)N1CCC(C(=O)C(CCN2CC=C(c3ccc(F)c4ccoc34)CC2)c2ccccn2)CC1.O=C(O)C(=O)O. The second-order valence-corrected chi connectivity index (χ2v) is 10.4. The number of hydrogen-bond acceptors (Lipinski definition) is 7. The maximum Gasteiger partial charge on any atom is 0.414 e. The lowest BCUT2D eigenvalue weighted by molar-refractivity contribution is -0.159.